The minimum Gasteiger partial charge on any atom is -0.394 e. The van der Waals surface area contributed by atoms with Crippen molar-refractivity contribution in [2.24, 2.45) is 0 Å². The van der Waals surface area contributed by atoms with Crippen LogP contribution in [0.15, 0.2) is 12.2 Å². The number of nitrogens with one attached hydrogen (secondary N) is 1. The van der Waals surface area contributed by atoms with E-state index < -0.39 is 18.2 Å². The van der Waals surface area contributed by atoms with Gasteiger partial charge in [0.2, 0.25) is 5.91 Å². The summed E-state index contributed by atoms with van der Waals surface area (Å²) >= 11 is 0. The highest BCUT2D eigenvalue weighted by Gasteiger charge is 2.26. The molecule has 3 atom stereocenters. The molecule has 5 heteroatoms. The van der Waals surface area contributed by atoms with Gasteiger partial charge in [0.25, 0.3) is 0 Å². The lowest BCUT2D eigenvalue weighted by molar-refractivity contribution is -0.124. The van der Waals surface area contributed by atoms with E-state index in [1.165, 1.54) is 167 Å². The second kappa shape index (κ2) is 38.9. The molecule has 48 heavy (non-hydrogen) atoms. The van der Waals surface area contributed by atoms with Gasteiger partial charge in [-0.1, -0.05) is 199 Å². The highest BCUT2D eigenvalue weighted by molar-refractivity contribution is 5.76. The maximum Gasteiger partial charge on any atom is 0.220 e. The topological polar surface area (TPSA) is 89.8 Å². The van der Waals surface area contributed by atoms with E-state index in [2.05, 4.69) is 31.3 Å². The van der Waals surface area contributed by atoms with Crippen molar-refractivity contribution in [2.45, 2.75) is 250 Å². The summed E-state index contributed by atoms with van der Waals surface area (Å²) in [7, 11) is 0. The zero-order chi connectivity index (χ0) is 35.2. The van der Waals surface area contributed by atoms with Gasteiger partial charge in [0.15, 0.2) is 0 Å². The summed E-state index contributed by atoms with van der Waals surface area (Å²) in [6, 6.07) is -0.805. The number of aliphatic hydroxyl groups excluding tert-OH is 3. The van der Waals surface area contributed by atoms with Gasteiger partial charge in [-0.05, 0) is 38.5 Å². The molecule has 0 saturated heterocycles. The number of hydrogen-bond donors (Lipinski definition) is 4. The first-order valence-electron chi connectivity index (χ1n) is 21.5. The number of unbranched alkanes of at least 4 members (excludes halogenated alkanes) is 29. The number of amides is 1. The molecular formula is C43H85NO4. The van der Waals surface area contributed by atoms with Gasteiger partial charge in [-0.2, -0.15) is 0 Å². The largest absolute Gasteiger partial charge is 0.394 e. The summed E-state index contributed by atoms with van der Waals surface area (Å²) in [6.07, 6.45) is 44.8. The van der Waals surface area contributed by atoms with Crippen LogP contribution in [-0.2, 0) is 4.79 Å². The summed E-state index contributed by atoms with van der Waals surface area (Å²) in [5, 5.41) is 33.3. The van der Waals surface area contributed by atoms with Crippen molar-refractivity contribution in [1.29, 1.82) is 0 Å². The molecule has 0 radical (unpaired) electrons. The van der Waals surface area contributed by atoms with Crippen LogP contribution in [0.4, 0.5) is 0 Å². The lowest BCUT2D eigenvalue weighted by Crippen LogP contribution is -2.50. The molecule has 0 heterocycles. The molecule has 0 aromatic rings. The smallest absolute Gasteiger partial charge is 0.220 e. The normalized spacial score (nSPS) is 13.7. The van der Waals surface area contributed by atoms with E-state index in [1.807, 2.05) is 0 Å². The average molecular weight is 680 g/mol. The lowest BCUT2D eigenvalue weighted by atomic mass is 9.99. The molecule has 4 N–H and O–H groups in total. The van der Waals surface area contributed by atoms with Crippen molar-refractivity contribution in [3.63, 3.8) is 0 Å². The maximum atomic E-state index is 12.4. The van der Waals surface area contributed by atoms with Crippen LogP contribution in [0.3, 0.4) is 0 Å². The minimum atomic E-state index is -1.13. The fraction of sp³-hybridized carbons (Fsp3) is 0.930. The van der Waals surface area contributed by atoms with Gasteiger partial charge in [0.05, 0.1) is 18.8 Å². The van der Waals surface area contributed by atoms with Gasteiger partial charge in [-0.15, -0.1) is 0 Å². The standard InChI is InChI=1S/C43H85NO4/c1-3-5-7-9-11-13-14-15-16-17-18-19-20-21-22-23-24-25-26-27-28-30-32-34-36-38-42(47)44-40(39-45)43(48)41(46)37-35-33-31-29-12-10-8-6-4-2/h21-22,40-41,43,45-46,48H,3-20,23-39H2,1-2H3,(H,44,47)/b22-21-. The van der Waals surface area contributed by atoms with Gasteiger partial charge < -0.3 is 20.6 Å². The second-order valence-corrected chi connectivity index (χ2v) is 14.9. The summed E-state index contributed by atoms with van der Waals surface area (Å²) < 4.78 is 0. The number of aliphatic hydroxyl groups is 3. The number of carbonyl (C=O) groups excluding carboxylic acids is 1. The molecule has 0 aliphatic carbocycles. The zero-order valence-electron chi connectivity index (χ0n) is 32.4. The van der Waals surface area contributed by atoms with Crippen LogP contribution in [-0.4, -0.2) is 46.1 Å². The Morgan fingerprint density at radius 1 is 0.500 bits per heavy atom. The molecule has 3 unspecified atom stereocenters. The van der Waals surface area contributed by atoms with Crippen LogP contribution in [0.2, 0.25) is 0 Å². The molecule has 0 aliphatic rings. The first kappa shape index (κ1) is 47.1. The average Bonchev–Trinajstić information content (AvgIpc) is 3.09. The molecular weight excluding hydrogens is 594 g/mol. The van der Waals surface area contributed by atoms with Gasteiger partial charge in [0, 0.05) is 6.42 Å². The van der Waals surface area contributed by atoms with Crippen LogP contribution in [0.1, 0.15) is 232 Å². The molecule has 0 aliphatic heterocycles. The van der Waals surface area contributed by atoms with E-state index in [-0.39, 0.29) is 12.5 Å². The van der Waals surface area contributed by atoms with Crippen LogP contribution < -0.4 is 5.32 Å². The molecule has 286 valence electrons. The van der Waals surface area contributed by atoms with Gasteiger partial charge in [0.1, 0.15) is 6.10 Å². The molecule has 0 fully saturated rings. The van der Waals surface area contributed by atoms with Crippen molar-refractivity contribution >= 4 is 5.91 Å². The van der Waals surface area contributed by atoms with E-state index in [9.17, 15) is 20.1 Å². The summed E-state index contributed by atoms with van der Waals surface area (Å²) in [4.78, 5) is 12.4. The Bertz CT molecular complexity index is 669. The van der Waals surface area contributed by atoms with Gasteiger partial charge in [-0.25, -0.2) is 0 Å². The molecule has 0 aromatic heterocycles. The summed E-state index contributed by atoms with van der Waals surface area (Å²) in [5.41, 5.74) is 0. The summed E-state index contributed by atoms with van der Waals surface area (Å²) in [6.45, 7) is 4.16. The Morgan fingerprint density at radius 2 is 0.833 bits per heavy atom. The van der Waals surface area contributed by atoms with E-state index in [0.29, 0.717) is 12.8 Å². The Morgan fingerprint density at radius 3 is 1.21 bits per heavy atom. The molecule has 1 amide bonds. The number of allylic oxidation sites excluding steroid dienone is 2. The summed E-state index contributed by atoms with van der Waals surface area (Å²) in [5.74, 6) is -0.147. The van der Waals surface area contributed by atoms with Crippen LogP contribution in [0, 0.1) is 0 Å². The van der Waals surface area contributed by atoms with Gasteiger partial charge >= 0.3 is 0 Å². The first-order chi connectivity index (χ1) is 23.6. The monoisotopic (exact) mass is 680 g/mol. The lowest BCUT2D eigenvalue weighted by Gasteiger charge is -2.26. The zero-order valence-corrected chi connectivity index (χ0v) is 32.4. The van der Waals surface area contributed by atoms with Crippen LogP contribution in [0.25, 0.3) is 0 Å². The maximum absolute atomic E-state index is 12.4. The van der Waals surface area contributed by atoms with E-state index in [1.54, 1.807) is 0 Å². The van der Waals surface area contributed by atoms with Crippen molar-refractivity contribution in [3.05, 3.63) is 12.2 Å². The Balaban J connectivity index is 3.54. The van der Waals surface area contributed by atoms with Crippen molar-refractivity contribution in [2.75, 3.05) is 6.61 Å². The quantitative estimate of drug-likeness (QED) is 0.0384. The van der Waals surface area contributed by atoms with Crippen molar-refractivity contribution in [1.82, 2.24) is 5.32 Å². The number of carbonyl (C=O) groups is 1. The minimum absolute atomic E-state index is 0.147. The molecule has 0 saturated carbocycles. The predicted octanol–water partition coefficient (Wildman–Crippen LogP) is 12.0. The third-order valence-corrected chi connectivity index (χ3v) is 10.1. The van der Waals surface area contributed by atoms with Crippen LogP contribution >= 0.6 is 0 Å². The van der Waals surface area contributed by atoms with Crippen molar-refractivity contribution in [3.8, 4) is 0 Å². The Hall–Kier alpha value is -0.910. The fourth-order valence-electron chi connectivity index (χ4n) is 6.75. The SMILES string of the molecule is CCCCCCCCCCCCCC/C=C\CCCCCCCCCCCC(=O)NC(CO)C(O)C(O)CCCCCCCCCCC. The van der Waals surface area contributed by atoms with E-state index >= 15 is 0 Å². The number of hydrogen-bond acceptors (Lipinski definition) is 4. The molecule has 5 nitrogen and oxygen atoms in total. The molecule has 0 rings (SSSR count). The number of rotatable bonds is 39. The van der Waals surface area contributed by atoms with Gasteiger partial charge in [-0.3, -0.25) is 4.79 Å². The Labute approximate surface area is 299 Å². The second-order valence-electron chi connectivity index (χ2n) is 14.9. The predicted molar refractivity (Wildman–Crippen MR) is 208 cm³/mol. The fourth-order valence-corrected chi connectivity index (χ4v) is 6.75. The first-order valence-corrected chi connectivity index (χ1v) is 21.5. The van der Waals surface area contributed by atoms with E-state index in [0.717, 1.165) is 38.5 Å². The highest BCUT2D eigenvalue weighted by Crippen LogP contribution is 2.16. The molecule has 0 spiro atoms. The van der Waals surface area contributed by atoms with Crippen molar-refractivity contribution < 1.29 is 20.1 Å². The molecule has 0 aromatic carbocycles. The van der Waals surface area contributed by atoms with Crippen LogP contribution in [0.5, 0.6) is 0 Å². The molecule has 0 bridgehead atoms. The third-order valence-electron chi connectivity index (χ3n) is 10.1. The highest BCUT2D eigenvalue weighted by atomic mass is 16.3. The van der Waals surface area contributed by atoms with E-state index in [4.69, 9.17) is 0 Å². The third kappa shape index (κ3) is 33.6. The Kier molecular flexibility index (Phi) is 38.1.